The van der Waals surface area contributed by atoms with Crippen molar-refractivity contribution in [3.05, 3.63) is 41.9 Å². The number of benzene rings is 1. The average Bonchev–Trinajstić information content (AvgIpc) is 2.66. The molecule has 7 nitrogen and oxygen atoms in total. The van der Waals surface area contributed by atoms with Crippen LogP contribution in [-0.2, 0) is 17.4 Å². The van der Waals surface area contributed by atoms with Crippen LogP contribution < -0.4 is 21.3 Å². The molecule has 31 heavy (non-hydrogen) atoms. The average molecular weight is 436 g/mol. The van der Waals surface area contributed by atoms with E-state index in [2.05, 4.69) is 25.5 Å². The molecular weight excluding hydrogens is 409 g/mol. The Labute approximate surface area is 179 Å². The third-order valence-electron chi connectivity index (χ3n) is 5.07. The fourth-order valence-corrected chi connectivity index (χ4v) is 3.81. The molecule has 1 fully saturated rings. The van der Waals surface area contributed by atoms with E-state index in [0.29, 0.717) is 18.7 Å². The summed E-state index contributed by atoms with van der Waals surface area (Å²) in [7, 11) is 0. The second-order valence-electron chi connectivity index (χ2n) is 7.94. The molecule has 1 aromatic carbocycles. The second-order valence-corrected chi connectivity index (χ2v) is 7.94. The number of aromatic nitrogens is 2. The monoisotopic (exact) mass is 436 g/mol. The number of alkyl halides is 3. The molecule has 2 aromatic rings. The van der Waals surface area contributed by atoms with Gasteiger partial charge in [-0.15, -0.1) is 0 Å². The summed E-state index contributed by atoms with van der Waals surface area (Å²) in [4.78, 5) is 22.1. The van der Waals surface area contributed by atoms with Gasteiger partial charge in [-0.1, -0.05) is 0 Å². The highest BCUT2D eigenvalue weighted by Gasteiger charge is 2.31. The lowest BCUT2D eigenvalue weighted by atomic mass is 10.1. The number of nitrogens with one attached hydrogen (secondary N) is 2. The summed E-state index contributed by atoms with van der Waals surface area (Å²) in [5, 5.41) is 6.02. The Morgan fingerprint density at radius 1 is 1.29 bits per heavy atom. The van der Waals surface area contributed by atoms with Crippen molar-refractivity contribution in [2.24, 2.45) is 0 Å². The maximum Gasteiger partial charge on any atom is 0.416 e. The van der Waals surface area contributed by atoms with E-state index in [-0.39, 0.29) is 23.7 Å². The van der Waals surface area contributed by atoms with Crippen LogP contribution in [0.3, 0.4) is 0 Å². The number of hydrogen-bond donors (Lipinski definition) is 3. The zero-order valence-electron chi connectivity index (χ0n) is 17.5. The van der Waals surface area contributed by atoms with E-state index in [9.17, 15) is 18.0 Å². The third-order valence-corrected chi connectivity index (χ3v) is 5.07. The lowest BCUT2D eigenvalue weighted by molar-refractivity contribution is -0.137. The summed E-state index contributed by atoms with van der Waals surface area (Å²) in [5.41, 5.74) is 5.98. The molecule has 3 rings (SSSR count). The van der Waals surface area contributed by atoms with E-state index in [1.807, 2.05) is 13.0 Å². The smallest absolute Gasteiger partial charge is 0.399 e. The summed E-state index contributed by atoms with van der Waals surface area (Å²) in [5.74, 6) is 0.723. The molecule has 0 aliphatic carbocycles. The van der Waals surface area contributed by atoms with Crippen molar-refractivity contribution >= 4 is 23.1 Å². The fraction of sp³-hybridized carbons (Fsp3) is 0.476. The molecule has 2 heterocycles. The minimum absolute atomic E-state index is 0.0488. The fourth-order valence-electron chi connectivity index (χ4n) is 3.81. The molecule has 0 radical (unpaired) electrons. The van der Waals surface area contributed by atoms with Gasteiger partial charge in [-0.05, 0) is 38.0 Å². The van der Waals surface area contributed by atoms with Gasteiger partial charge < -0.3 is 21.3 Å². The largest absolute Gasteiger partial charge is 0.416 e. The number of nitrogens with two attached hydrogens (primary N) is 1. The van der Waals surface area contributed by atoms with Crippen molar-refractivity contribution in [1.29, 1.82) is 0 Å². The lowest BCUT2D eigenvalue weighted by Gasteiger charge is -2.33. The molecule has 0 bridgehead atoms. The molecule has 2 atom stereocenters. The molecule has 1 amide bonds. The summed E-state index contributed by atoms with van der Waals surface area (Å²) in [6, 6.07) is 5.23. The van der Waals surface area contributed by atoms with Crippen LogP contribution in [0.1, 0.15) is 37.9 Å². The van der Waals surface area contributed by atoms with Crippen LogP contribution in [0.25, 0.3) is 0 Å². The second kappa shape index (κ2) is 9.40. The molecule has 0 saturated carbocycles. The summed E-state index contributed by atoms with van der Waals surface area (Å²) >= 11 is 0. The number of amides is 1. The maximum absolute atomic E-state index is 13.0. The van der Waals surface area contributed by atoms with Crippen LogP contribution in [0, 0.1) is 0 Å². The van der Waals surface area contributed by atoms with Gasteiger partial charge in [-0.25, -0.2) is 9.97 Å². The molecular formula is C21H27F3N6O. The first-order valence-electron chi connectivity index (χ1n) is 10.2. The molecule has 1 aliphatic rings. The van der Waals surface area contributed by atoms with Crippen LogP contribution >= 0.6 is 0 Å². The van der Waals surface area contributed by atoms with Gasteiger partial charge in [0.05, 0.1) is 5.56 Å². The maximum atomic E-state index is 13.0. The number of nitrogens with zero attached hydrogens (tertiary/aromatic N) is 3. The Kier molecular flexibility index (Phi) is 6.87. The summed E-state index contributed by atoms with van der Waals surface area (Å²) < 4.78 is 39.1. The van der Waals surface area contributed by atoms with E-state index in [1.54, 1.807) is 0 Å². The van der Waals surface area contributed by atoms with Gasteiger partial charge in [0.25, 0.3) is 0 Å². The molecule has 168 valence electrons. The topological polar surface area (TPSA) is 96.2 Å². The minimum atomic E-state index is -4.46. The first-order chi connectivity index (χ1) is 14.6. The predicted octanol–water partition coefficient (Wildman–Crippen LogP) is 3.23. The van der Waals surface area contributed by atoms with E-state index in [0.717, 1.165) is 43.0 Å². The highest BCUT2D eigenvalue weighted by molar-refractivity contribution is 5.73. The first-order valence-corrected chi connectivity index (χ1v) is 10.2. The van der Waals surface area contributed by atoms with Gasteiger partial charge in [0.1, 0.15) is 12.1 Å². The highest BCUT2D eigenvalue weighted by Crippen LogP contribution is 2.33. The molecule has 0 spiro atoms. The Balaban J connectivity index is 1.66. The van der Waals surface area contributed by atoms with Crippen molar-refractivity contribution in [3.63, 3.8) is 0 Å². The van der Waals surface area contributed by atoms with Crippen LogP contribution in [0.4, 0.5) is 30.4 Å². The number of carbonyl (C=O) groups excluding carboxylic acids is 1. The number of piperidine rings is 1. The molecule has 2 unspecified atom stereocenters. The molecule has 1 saturated heterocycles. The number of hydrogen-bond acceptors (Lipinski definition) is 6. The van der Waals surface area contributed by atoms with E-state index in [1.165, 1.54) is 19.3 Å². The van der Waals surface area contributed by atoms with Crippen LogP contribution in [0.5, 0.6) is 0 Å². The lowest BCUT2D eigenvalue weighted by Crippen LogP contribution is -2.47. The van der Waals surface area contributed by atoms with Gasteiger partial charge in [0, 0.05) is 61.7 Å². The zero-order chi connectivity index (χ0) is 22.6. The van der Waals surface area contributed by atoms with E-state index >= 15 is 0 Å². The van der Waals surface area contributed by atoms with Crippen molar-refractivity contribution in [3.8, 4) is 0 Å². The van der Waals surface area contributed by atoms with Crippen LogP contribution in [0.15, 0.2) is 30.6 Å². The SMILES string of the molecule is CC(=O)NC1CCCN(c2cc(CC(C)Nc3cc(N)cc(C(F)(F)F)c3)ncn2)C1. The third kappa shape index (κ3) is 6.47. The molecule has 1 aliphatic heterocycles. The van der Waals surface area contributed by atoms with Gasteiger partial charge in [0.15, 0.2) is 0 Å². The zero-order valence-corrected chi connectivity index (χ0v) is 17.5. The Bertz CT molecular complexity index is 920. The molecule has 4 N–H and O–H groups in total. The summed E-state index contributed by atoms with van der Waals surface area (Å²) in [6.45, 7) is 4.89. The normalized spacial score (nSPS) is 17.8. The van der Waals surface area contributed by atoms with Gasteiger partial charge >= 0.3 is 6.18 Å². The molecule has 10 heteroatoms. The minimum Gasteiger partial charge on any atom is -0.399 e. The van der Waals surface area contributed by atoms with Crippen molar-refractivity contribution in [1.82, 2.24) is 15.3 Å². The number of anilines is 3. The molecule has 1 aromatic heterocycles. The van der Waals surface area contributed by atoms with Crippen molar-refractivity contribution < 1.29 is 18.0 Å². The quantitative estimate of drug-likeness (QED) is 0.602. The summed E-state index contributed by atoms with van der Waals surface area (Å²) in [6.07, 6.45) is -0.606. The Morgan fingerprint density at radius 2 is 2.06 bits per heavy atom. The number of halogens is 3. The predicted molar refractivity (Wildman–Crippen MR) is 114 cm³/mol. The Hall–Kier alpha value is -3.04. The highest BCUT2D eigenvalue weighted by atomic mass is 19.4. The van der Waals surface area contributed by atoms with Crippen LogP contribution in [-0.4, -0.2) is 41.0 Å². The van der Waals surface area contributed by atoms with Crippen molar-refractivity contribution in [2.45, 2.75) is 51.4 Å². The number of carbonyl (C=O) groups is 1. The number of rotatable bonds is 6. The Morgan fingerprint density at radius 3 is 2.77 bits per heavy atom. The van der Waals surface area contributed by atoms with Gasteiger partial charge in [0.2, 0.25) is 5.91 Å². The van der Waals surface area contributed by atoms with Gasteiger partial charge in [-0.3, -0.25) is 4.79 Å². The van der Waals surface area contributed by atoms with E-state index < -0.39 is 11.7 Å². The van der Waals surface area contributed by atoms with Crippen LogP contribution in [0.2, 0.25) is 0 Å². The first kappa shape index (κ1) is 22.6. The van der Waals surface area contributed by atoms with Gasteiger partial charge in [-0.2, -0.15) is 13.2 Å². The number of nitrogen functional groups attached to an aromatic ring is 1. The van der Waals surface area contributed by atoms with Crippen molar-refractivity contribution in [2.75, 3.05) is 29.0 Å². The van der Waals surface area contributed by atoms with E-state index in [4.69, 9.17) is 5.73 Å². The standard InChI is InChI=1S/C21H27F3N6O/c1-13(28-19-8-15(21(22,23)24)7-16(25)9-19)6-18-10-20(27-12-26-18)30-5-3-4-17(11-30)29-14(2)31/h7-10,12-13,17,28H,3-6,11,25H2,1-2H3,(H,29,31).